The molecule has 1 rings (SSSR count). The van der Waals surface area contributed by atoms with Crippen LogP contribution in [0.25, 0.3) is 0 Å². The van der Waals surface area contributed by atoms with Gasteiger partial charge >= 0.3 is 0 Å². The summed E-state index contributed by atoms with van der Waals surface area (Å²) in [7, 11) is 0. The predicted octanol–water partition coefficient (Wildman–Crippen LogP) is 0.113. The number of nitrogens with one attached hydrogen (secondary N) is 1. The van der Waals surface area contributed by atoms with Crippen molar-refractivity contribution in [1.29, 1.82) is 0 Å². The van der Waals surface area contributed by atoms with Crippen LogP contribution in [0.2, 0.25) is 0 Å². The normalized spacial score (nSPS) is 16.0. The van der Waals surface area contributed by atoms with E-state index in [1.807, 2.05) is 6.20 Å². The maximum absolute atomic E-state index is 3.04. The summed E-state index contributed by atoms with van der Waals surface area (Å²) in [4.78, 5) is 0. The smallest absolute Gasteiger partial charge is 0.0176 e. The molecule has 1 N–H and O–H groups in total. The Balaban J connectivity index is 0.000000250. The van der Waals surface area contributed by atoms with Crippen LogP contribution in [0.4, 0.5) is 0 Å². The molecule has 0 aromatic heterocycles. The van der Waals surface area contributed by atoms with E-state index >= 15 is 0 Å². The van der Waals surface area contributed by atoms with Gasteiger partial charge in [-0.1, -0.05) is 6.08 Å². The van der Waals surface area contributed by atoms with Gasteiger partial charge in [0, 0.05) is 44.3 Å². The standard InChI is InChI=1S/C4H7N.Ca/c1-2-4-5-3-1;/h1,3,5H,2,4H2;. The first-order chi connectivity index (χ1) is 2.50. The van der Waals surface area contributed by atoms with E-state index in [2.05, 4.69) is 11.4 Å². The molecule has 0 atom stereocenters. The Bertz CT molecular complexity index is 45.5. The van der Waals surface area contributed by atoms with Gasteiger partial charge in [-0.05, 0) is 12.6 Å². The quantitative estimate of drug-likeness (QED) is 0.435. The minimum Gasteiger partial charge on any atom is -0.391 e. The van der Waals surface area contributed by atoms with Crippen LogP contribution in [-0.2, 0) is 0 Å². The molecule has 1 aliphatic rings. The van der Waals surface area contributed by atoms with Crippen LogP contribution in [-0.4, -0.2) is 44.3 Å². The van der Waals surface area contributed by atoms with Crippen molar-refractivity contribution in [3.63, 3.8) is 0 Å². The third kappa shape index (κ3) is 2.06. The van der Waals surface area contributed by atoms with E-state index in [1.165, 1.54) is 6.42 Å². The Labute approximate surface area is 67.8 Å². The Kier molecular flexibility index (Phi) is 4.50. The van der Waals surface area contributed by atoms with Gasteiger partial charge in [0.15, 0.2) is 0 Å². The molecule has 2 radical (unpaired) electrons. The van der Waals surface area contributed by atoms with Crippen LogP contribution in [0.15, 0.2) is 12.3 Å². The Hall–Kier alpha value is 0.800. The fourth-order valence-corrected chi connectivity index (χ4v) is 0.417. The Morgan fingerprint density at radius 3 is 2.50 bits per heavy atom. The molecule has 0 saturated heterocycles. The van der Waals surface area contributed by atoms with Crippen LogP contribution >= 0.6 is 0 Å². The van der Waals surface area contributed by atoms with Gasteiger partial charge in [-0.15, -0.1) is 0 Å². The molecule has 1 aliphatic heterocycles. The summed E-state index contributed by atoms with van der Waals surface area (Å²) in [5.41, 5.74) is 0. The Morgan fingerprint density at radius 1 is 1.50 bits per heavy atom. The molecular weight excluding hydrogens is 102 g/mol. The second-order valence-corrected chi connectivity index (χ2v) is 1.15. The van der Waals surface area contributed by atoms with Crippen LogP contribution in [0.3, 0.4) is 0 Å². The minimum atomic E-state index is 0. The van der Waals surface area contributed by atoms with Crippen molar-refractivity contribution in [2.45, 2.75) is 6.42 Å². The summed E-state index contributed by atoms with van der Waals surface area (Å²) in [6.45, 7) is 1.14. The molecule has 0 fully saturated rings. The molecule has 2 heteroatoms. The topological polar surface area (TPSA) is 12.0 Å². The summed E-state index contributed by atoms with van der Waals surface area (Å²) in [6, 6.07) is 0. The number of hydrogen-bond acceptors (Lipinski definition) is 1. The molecule has 0 unspecified atom stereocenters. The molecule has 1 heterocycles. The minimum absolute atomic E-state index is 0. The van der Waals surface area contributed by atoms with Crippen molar-refractivity contribution in [3.05, 3.63) is 12.3 Å². The van der Waals surface area contributed by atoms with E-state index in [1.54, 1.807) is 0 Å². The number of hydrogen-bond donors (Lipinski definition) is 1. The van der Waals surface area contributed by atoms with E-state index in [0.717, 1.165) is 6.54 Å². The van der Waals surface area contributed by atoms with Gasteiger partial charge in [0.05, 0.1) is 0 Å². The maximum atomic E-state index is 3.04. The fourth-order valence-electron chi connectivity index (χ4n) is 0.417. The zero-order valence-electron chi connectivity index (χ0n) is 3.78. The molecule has 0 saturated carbocycles. The summed E-state index contributed by atoms with van der Waals surface area (Å²) in [5.74, 6) is 0. The first kappa shape index (κ1) is 6.80. The second kappa shape index (κ2) is 3.97. The van der Waals surface area contributed by atoms with Crippen molar-refractivity contribution in [2.75, 3.05) is 6.54 Å². The van der Waals surface area contributed by atoms with Crippen molar-refractivity contribution in [2.24, 2.45) is 0 Å². The van der Waals surface area contributed by atoms with Crippen molar-refractivity contribution < 1.29 is 0 Å². The summed E-state index contributed by atoms with van der Waals surface area (Å²) < 4.78 is 0. The second-order valence-electron chi connectivity index (χ2n) is 1.15. The van der Waals surface area contributed by atoms with E-state index in [4.69, 9.17) is 0 Å². The van der Waals surface area contributed by atoms with Gasteiger partial charge < -0.3 is 5.32 Å². The van der Waals surface area contributed by atoms with Crippen LogP contribution in [0, 0.1) is 0 Å². The molecule has 6 heavy (non-hydrogen) atoms. The molecule has 1 nitrogen and oxygen atoms in total. The number of rotatable bonds is 0. The summed E-state index contributed by atoms with van der Waals surface area (Å²) >= 11 is 0. The van der Waals surface area contributed by atoms with Gasteiger partial charge in [0.2, 0.25) is 0 Å². The van der Waals surface area contributed by atoms with Crippen molar-refractivity contribution in [3.8, 4) is 0 Å². The first-order valence-electron chi connectivity index (χ1n) is 1.88. The van der Waals surface area contributed by atoms with Gasteiger partial charge in [-0.2, -0.15) is 0 Å². The SMILES string of the molecule is C1=CNCC1.[Ca]. The van der Waals surface area contributed by atoms with E-state index < -0.39 is 0 Å². The molecule has 0 aliphatic carbocycles. The third-order valence-electron chi connectivity index (χ3n) is 0.691. The van der Waals surface area contributed by atoms with Gasteiger partial charge in [-0.3, -0.25) is 0 Å². The summed E-state index contributed by atoms with van der Waals surface area (Å²) in [6.07, 6.45) is 5.32. The van der Waals surface area contributed by atoms with Crippen LogP contribution < -0.4 is 5.32 Å². The van der Waals surface area contributed by atoms with Crippen LogP contribution in [0.1, 0.15) is 6.42 Å². The third-order valence-corrected chi connectivity index (χ3v) is 0.691. The van der Waals surface area contributed by atoms with Gasteiger partial charge in [0.25, 0.3) is 0 Å². The molecule has 0 aromatic carbocycles. The zero-order chi connectivity index (χ0) is 3.54. The van der Waals surface area contributed by atoms with Gasteiger partial charge in [0.1, 0.15) is 0 Å². The molecular formula is C4H7CaN. The molecule has 0 amide bonds. The Morgan fingerprint density at radius 2 is 2.33 bits per heavy atom. The molecule has 0 bridgehead atoms. The first-order valence-corrected chi connectivity index (χ1v) is 1.88. The van der Waals surface area contributed by atoms with Crippen molar-refractivity contribution in [1.82, 2.24) is 5.32 Å². The molecule has 0 spiro atoms. The fraction of sp³-hybridized carbons (Fsp3) is 0.500. The average Bonchev–Trinajstić information content (AvgIpc) is 1.76. The van der Waals surface area contributed by atoms with E-state index in [-0.39, 0.29) is 37.7 Å². The molecule has 0 aromatic rings. The maximum Gasteiger partial charge on any atom is 0.0176 e. The van der Waals surface area contributed by atoms with Crippen LogP contribution in [0.5, 0.6) is 0 Å². The largest absolute Gasteiger partial charge is 0.391 e. The molecule has 30 valence electrons. The van der Waals surface area contributed by atoms with Crippen molar-refractivity contribution >= 4 is 37.7 Å². The van der Waals surface area contributed by atoms with Gasteiger partial charge in [-0.25, -0.2) is 0 Å². The average molecular weight is 109 g/mol. The predicted molar refractivity (Wildman–Crippen MR) is 27.5 cm³/mol. The summed E-state index contributed by atoms with van der Waals surface area (Å²) in [5, 5.41) is 3.04. The van der Waals surface area contributed by atoms with E-state index in [0.29, 0.717) is 0 Å². The zero-order valence-corrected chi connectivity index (χ0v) is 5.98. The van der Waals surface area contributed by atoms with E-state index in [9.17, 15) is 0 Å². The monoisotopic (exact) mass is 109 g/mol.